The van der Waals surface area contributed by atoms with Gasteiger partial charge in [0, 0.05) is 11.7 Å². The summed E-state index contributed by atoms with van der Waals surface area (Å²) in [6, 6.07) is 15.8. The molecule has 0 saturated heterocycles. The molecular weight excluding hydrogens is 399 g/mol. The molecular formula is C23H25FN4OS. The van der Waals surface area contributed by atoms with E-state index in [0.717, 1.165) is 29.4 Å². The number of amides is 1. The molecule has 3 aromatic rings. The molecule has 1 saturated carbocycles. The summed E-state index contributed by atoms with van der Waals surface area (Å²) in [6.07, 6.45) is 5.92. The number of carbonyl (C=O) groups is 1. The van der Waals surface area contributed by atoms with Gasteiger partial charge in [-0.1, -0.05) is 61.4 Å². The number of anilines is 1. The molecule has 1 atom stereocenters. The molecule has 0 bridgehead atoms. The third-order valence-corrected chi connectivity index (χ3v) is 6.66. The predicted molar refractivity (Wildman–Crippen MR) is 117 cm³/mol. The van der Waals surface area contributed by atoms with Gasteiger partial charge in [0.25, 0.3) is 0 Å². The fraction of sp³-hybridized carbons (Fsp3) is 0.348. The number of hydrogen-bond acceptors (Lipinski definition) is 4. The first kappa shape index (κ1) is 20.6. The van der Waals surface area contributed by atoms with Crippen molar-refractivity contribution in [2.24, 2.45) is 0 Å². The van der Waals surface area contributed by atoms with Gasteiger partial charge < -0.3 is 9.88 Å². The average Bonchev–Trinajstić information content (AvgIpc) is 3.15. The van der Waals surface area contributed by atoms with Crippen molar-refractivity contribution in [1.82, 2.24) is 14.8 Å². The predicted octanol–water partition coefficient (Wildman–Crippen LogP) is 5.70. The van der Waals surface area contributed by atoms with Crippen LogP contribution in [-0.4, -0.2) is 20.7 Å². The van der Waals surface area contributed by atoms with Crippen LogP contribution >= 0.6 is 11.8 Å². The van der Waals surface area contributed by atoms with E-state index < -0.39 is 5.25 Å². The summed E-state index contributed by atoms with van der Waals surface area (Å²) in [5.74, 6) is 0.377. The topological polar surface area (TPSA) is 59.8 Å². The van der Waals surface area contributed by atoms with Crippen molar-refractivity contribution in [3.8, 4) is 0 Å². The van der Waals surface area contributed by atoms with E-state index in [-0.39, 0.29) is 11.7 Å². The Morgan fingerprint density at radius 2 is 1.77 bits per heavy atom. The van der Waals surface area contributed by atoms with Crippen LogP contribution in [0, 0.1) is 12.7 Å². The Balaban J connectivity index is 1.61. The van der Waals surface area contributed by atoms with Gasteiger partial charge in [0.2, 0.25) is 5.91 Å². The van der Waals surface area contributed by atoms with Crippen LogP contribution in [0.5, 0.6) is 0 Å². The molecule has 156 valence electrons. The molecule has 5 nitrogen and oxygen atoms in total. The lowest BCUT2D eigenvalue weighted by Gasteiger charge is -2.26. The Labute approximate surface area is 180 Å². The van der Waals surface area contributed by atoms with Crippen molar-refractivity contribution in [3.63, 3.8) is 0 Å². The van der Waals surface area contributed by atoms with Crippen LogP contribution in [0.1, 0.15) is 54.8 Å². The van der Waals surface area contributed by atoms with Crippen molar-refractivity contribution in [1.29, 1.82) is 0 Å². The molecule has 1 N–H and O–H groups in total. The highest BCUT2D eigenvalue weighted by molar-refractivity contribution is 8.00. The minimum absolute atomic E-state index is 0.173. The standard InChI is InChI=1S/C23H25FN4OS/c1-16-26-27-23(28(16)20-10-6-3-7-11-20)30-21(17-8-4-2-5-9-17)22(29)25-19-14-12-18(24)13-15-19/h2,4-5,8-9,12-15,20-21H,3,6-7,10-11H2,1H3,(H,25,29)/t21-/m1/s1. The Bertz CT molecular complexity index is 984. The molecule has 0 aliphatic heterocycles. The van der Waals surface area contributed by atoms with Gasteiger partial charge in [0.15, 0.2) is 5.16 Å². The molecule has 0 radical (unpaired) electrons. The van der Waals surface area contributed by atoms with Crippen LogP contribution in [0.25, 0.3) is 0 Å². The molecule has 2 aromatic carbocycles. The third-order valence-electron chi connectivity index (χ3n) is 5.45. The van der Waals surface area contributed by atoms with Crippen LogP contribution in [0.15, 0.2) is 59.8 Å². The Morgan fingerprint density at radius 1 is 1.07 bits per heavy atom. The van der Waals surface area contributed by atoms with E-state index >= 15 is 0 Å². The number of benzene rings is 2. The van der Waals surface area contributed by atoms with E-state index in [0.29, 0.717) is 11.7 Å². The zero-order valence-electron chi connectivity index (χ0n) is 16.9. The molecule has 1 fully saturated rings. The Hall–Kier alpha value is -2.67. The molecule has 1 heterocycles. The Kier molecular flexibility index (Phi) is 6.47. The zero-order chi connectivity index (χ0) is 20.9. The first-order chi connectivity index (χ1) is 14.6. The van der Waals surface area contributed by atoms with Gasteiger partial charge in [-0.2, -0.15) is 0 Å². The van der Waals surface area contributed by atoms with E-state index in [1.54, 1.807) is 12.1 Å². The lowest BCUT2D eigenvalue weighted by Crippen LogP contribution is -2.20. The molecule has 1 aromatic heterocycles. The third kappa shape index (κ3) is 4.73. The smallest absolute Gasteiger partial charge is 0.242 e. The maximum atomic E-state index is 13.2. The summed E-state index contributed by atoms with van der Waals surface area (Å²) >= 11 is 1.42. The van der Waals surface area contributed by atoms with Gasteiger partial charge in [-0.25, -0.2) is 4.39 Å². The number of nitrogens with one attached hydrogen (secondary N) is 1. The minimum Gasteiger partial charge on any atom is -0.325 e. The second kappa shape index (κ2) is 9.43. The van der Waals surface area contributed by atoms with Crippen molar-refractivity contribution in [3.05, 3.63) is 71.8 Å². The van der Waals surface area contributed by atoms with Crippen LogP contribution in [0.4, 0.5) is 10.1 Å². The molecule has 1 aliphatic rings. The monoisotopic (exact) mass is 424 g/mol. The zero-order valence-corrected chi connectivity index (χ0v) is 17.7. The number of halogens is 1. The molecule has 7 heteroatoms. The first-order valence-electron chi connectivity index (χ1n) is 10.3. The highest BCUT2D eigenvalue weighted by atomic mass is 32.2. The number of carbonyl (C=O) groups excluding carboxylic acids is 1. The van der Waals surface area contributed by atoms with Gasteiger partial charge in [-0.05, 0) is 49.6 Å². The van der Waals surface area contributed by atoms with Crippen molar-refractivity contribution < 1.29 is 9.18 Å². The second-order valence-electron chi connectivity index (χ2n) is 7.60. The van der Waals surface area contributed by atoms with Crippen molar-refractivity contribution in [2.45, 2.75) is 55.5 Å². The quantitative estimate of drug-likeness (QED) is 0.516. The highest BCUT2D eigenvalue weighted by Crippen LogP contribution is 2.39. The summed E-state index contributed by atoms with van der Waals surface area (Å²) in [7, 11) is 0. The molecule has 1 aliphatic carbocycles. The molecule has 30 heavy (non-hydrogen) atoms. The lowest BCUT2D eigenvalue weighted by molar-refractivity contribution is -0.115. The van der Waals surface area contributed by atoms with Gasteiger partial charge in [-0.3, -0.25) is 4.79 Å². The summed E-state index contributed by atoms with van der Waals surface area (Å²) in [6.45, 7) is 1.97. The molecule has 0 spiro atoms. The Morgan fingerprint density at radius 3 is 2.47 bits per heavy atom. The molecule has 4 rings (SSSR count). The fourth-order valence-electron chi connectivity index (χ4n) is 3.94. The summed E-state index contributed by atoms with van der Waals surface area (Å²) in [5, 5.41) is 11.9. The van der Waals surface area contributed by atoms with E-state index in [1.807, 2.05) is 37.3 Å². The van der Waals surface area contributed by atoms with Crippen molar-refractivity contribution in [2.75, 3.05) is 5.32 Å². The van der Waals surface area contributed by atoms with Crippen LogP contribution < -0.4 is 5.32 Å². The number of aryl methyl sites for hydroxylation is 1. The number of thioether (sulfide) groups is 1. The van der Waals surface area contributed by atoms with E-state index in [2.05, 4.69) is 20.1 Å². The van der Waals surface area contributed by atoms with Gasteiger partial charge in [0.05, 0.1) is 0 Å². The highest BCUT2D eigenvalue weighted by Gasteiger charge is 2.28. The van der Waals surface area contributed by atoms with E-state index in [4.69, 9.17) is 0 Å². The fourth-order valence-corrected chi connectivity index (χ4v) is 5.09. The number of nitrogens with zero attached hydrogens (tertiary/aromatic N) is 3. The van der Waals surface area contributed by atoms with Crippen LogP contribution in [0.2, 0.25) is 0 Å². The number of hydrogen-bond donors (Lipinski definition) is 1. The van der Waals surface area contributed by atoms with Crippen molar-refractivity contribution >= 4 is 23.4 Å². The van der Waals surface area contributed by atoms with Gasteiger partial charge >= 0.3 is 0 Å². The summed E-state index contributed by atoms with van der Waals surface area (Å²) in [5.41, 5.74) is 1.45. The maximum absolute atomic E-state index is 13.2. The number of rotatable bonds is 6. The van der Waals surface area contributed by atoms with E-state index in [9.17, 15) is 9.18 Å². The second-order valence-corrected chi connectivity index (χ2v) is 8.67. The summed E-state index contributed by atoms with van der Waals surface area (Å²) < 4.78 is 15.4. The number of aromatic nitrogens is 3. The van der Waals surface area contributed by atoms with Gasteiger partial charge in [-0.15, -0.1) is 10.2 Å². The largest absolute Gasteiger partial charge is 0.325 e. The SMILES string of the molecule is Cc1nnc(S[C@@H](C(=O)Nc2ccc(F)cc2)c2ccccc2)n1C1CCCCC1. The average molecular weight is 425 g/mol. The summed E-state index contributed by atoms with van der Waals surface area (Å²) in [4.78, 5) is 13.2. The molecule has 1 amide bonds. The minimum atomic E-state index is -0.498. The van der Waals surface area contributed by atoms with E-state index in [1.165, 1.54) is 43.2 Å². The normalized spacial score (nSPS) is 15.7. The maximum Gasteiger partial charge on any atom is 0.242 e. The first-order valence-corrected chi connectivity index (χ1v) is 11.2. The van der Waals surface area contributed by atoms with Gasteiger partial charge in [0.1, 0.15) is 16.9 Å². The van der Waals surface area contributed by atoms with Crippen LogP contribution in [0.3, 0.4) is 0 Å². The molecule has 0 unspecified atom stereocenters. The lowest BCUT2D eigenvalue weighted by atomic mass is 9.95. The van der Waals surface area contributed by atoms with Crippen LogP contribution in [-0.2, 0) is 4.79 Å².